The molecular formula is C13H6Br2ClFO2. The second-order valence-electron chi connectivity index (χ2n) is 3.72. The number of carboxylic acids is 1. The summed E-state index contributed by atoms with van der Waals surface area (Å²) in [4.78, 5) is 11.1. The average Bonchev–Trinajstić information content (AvgIpc) is 2.37. The molecule has 19 heavy (non-hydrogen) atoms. The Labute approximate surface area is 130 Å². The van der Waals surface area contributed by atoms with Crippen molar-refractivity contribution < 1.29 is 14.3 Å². The maximum atomic E-state index is 14.1. The topological polar surface area (TPSA) is 37.3 Å². The van der Waals surface area contributed by atoms with Gasteiger partial charge in [-0.3, -0.25) is 0 Å². The van der Waals surface area contributed by atoms with Gasteiger partial charge < -0.3 is 5.11 Å². The van der Waals surface area contributed by atoms with Crippen molar-refractivity contribution in [2.75, 3.05) is 0 Å². The van der Waals surface area contributed by atoms with Crippen LogP contribution in [0.4, 0.5) is 4.39 Å². The lowest BCUT2D eigenvalue weighted by Gasteiger charge is -2.08. The average molecular weight is 408 g/mol. The largest absolute Gasteiger partial charge is 0.478 e. The third kappa shape index (κ3) is 2.83. The molecule has 0 bridgehead atoms. The molecule has 2 nitrogen and oxygen atoms in total. The maximum absolute atomic E-state index is 14.1. The van der Waals surface area contributed by atoms with Gasteiger partial charge >= 0.3 is 5.97 Å². The fourth-order valence-electron chi connectivity index (χ4n) is 1.61. The van der Waals surface area contributed by atoms with Gasteiger partial charge in [-0.05, 0) is 55.6 Å². The van der Waals surface area contributed by atoms with E-state index in [1.54, 1.807) is 24.3 Å². The molecule has 2 aromatic carbocycles. The molecule has 0 saturated heterocycles. The first-order valence-electron chi connectivity index (χ1n) is 5.08. The van der Waals surface area contributed by atoms with Crippen LogP contribution in [-0.4, -0.2) is 11.1 Å². The molecule has 0 saturated carbocycles. The van der Waals surface area contributed by atoms with Crippen molar-refractivity contribution in [2.45, 2.75) is 0 Å². The van der Waals surface area contributed by atoms with Crippen LogP contribution in [0.5, 0.6) is 0 Å². The fourth-order valence-corrected chi connectivity index (χ4v) is 2.49. The summed E-state index contributed by atoms with van der Waals surface area (Å²) >= 11 is 12.1. The Bertz CT molecular complexity index is 674. The minimum Gasteiger partial charge on any atom is -0.478 e. The van der Waals surface area contributed by atoms with Crippen molar-refractivity contribution >= 4 is 49.4 Å². The number of carboxylic acid groups (broad SMARTS) is 1. The monoisotopic (exact) mass is 406 g/mol. The molecule has 2 aromatic rings. The molecule has 1 N–H and O–H groups in total. The number of halogens is 4. The SMILES string of the molecule is O=C(O)c1cc(-c2ccc(Br)c(Cl)c2F)ccc1Br. The van der Waals surface area contributed by atoms with Crippen LogP contribution in [0.25, 0.3) is 11.1 Å². The molecule has 0 aliphatic carbocycles. The van der Waals surface area contributed by atoms with Crippen molar-refractivity contribution in [3.05, 3.63) is 55.7 Å². The maximum Gasteiger partial charge on any atom is 0.336 e. The normalized spacial score (nSPS) is 10.5. The van der Waals surface area contributed by atoms with Gasteiger partial charge in [-0.15, -0.1) is 0 Å². The molecule has 0 amide bonds. The number of benzene rings is 2. The second-order valence-corrected chi connectivity index (χ2v) is 5.81. The summed E-state index contributed by atoms with van der Waals surface area (Å²) in [7, 11) is 0. The molecule has 98 valence electrons. The first kappa shape index (κ1) is 14.5. The minimum atomic E-state index is -1.09. The zero-order valence-electron chi connectivity index (χ0n) is 9.25. The van der Waals surface area contributed by atoms with E-state index in [0.717, 1.165) is 0 Å². The van der Waals surface area contributed by atoms with Crippen LogP contribution in [0.1, 0.15) is 10.4 Å². The Hall–Kier alpha value is -0.910. The Balaban J connectivity index is 2.63. The van der Waals surface area contributed by atoms with Gasteiger partial charge in [0.25, 0.3) is 0 Å². The molecule has 0 heterocycles. The first-order valence-corrected chi connectivity index (χ1v) is 7.05. The summed E-state index contributed by atoms with van der Waals surface area (Å²) in [5.41, 5.74) is 0.770. The van der Waals surface area contributed by atoms with Crippen LogP contribution in [0.15, 0.2) is 39.3 Å². The van der Waals surface area contributed by atoms with Crippen molar-refractivity contribution in [3.63, 3.8) is 0 Å². The highest BCUT2D eigenvalue weighted by molar-refractivity contribution is 9.10. The molecule has 0 aliphatic heterocycles. The summed E-state index contributed by atoms with van der Waals surface area (Å²) in [6, 6.07) is 7.74. The zero-order chi connectivity index (χ0) is 14.2. The highest BCUT2D eigenvalue weighted by Crippen LogP contribution is 2.34. The first-order chi connectivity index (χ1) is 8.91. The molecule has 0 unspecified atom stereocenters. The number of hydrogen-bond donors (Lipinski definition) is 1. The zero-order valence-corrected chi connectivity index (χ0v) is 13.2. The lowest BCUT2D eigenvalue weighted by Crippen LogP contribution is -1.98. The van der Waals surface area contributed by atoms with Crippen LogP contribution in [0.2, 0.25) is 5.02 Å². The summed E-state index contributed by atoms with van der Waals surface area (Å²) in [5, 5.41) is 9.02. The molecule has 6 heteroatoms. The summed E-state index contributed by atoms with van der Waals surface area (Å²) in [5.74, 6) is -1.67. The Morgan fingerprint density at radius 1 is 1.16 bits per heavy atom. The molecular weight excluding hydrogens is 402 g/mol. The molecule has 0 fully saturated rings. The van der Waals surface area contributed by atoms with Gasteiger partial charge in [-0.1, -0.05) is 23.7 Å². The van der Waals surface area contributed by atoms with E-state index in [1.165, 1.54) is 6.07 Å². The lowest BCUT2D eigenvalue weighted by molar-refractivity contribution is 0.0696. The Kier molecular flexibility index (Phi) is 4.28. The fraction of sp³-hybridized carbons (Fsp3) is 0. The molecule has 2 rings (SSSR count). The van der Waals surface area contributed by atoms with E-state index in [-0.39, 0.29) is 16.1 Å². The van der Waals surface area contributed by atoms with Crippen LogP contribution in [0, 0.1) is 5.82 Å². The highest BCUT2D eigenvalue weighted by Gasteiger charge is 2.15. The van der Waals surface area contributed by atoms with Crippen molar-refractivity contribution in [2.24, 2.45) is 0 Å². The van der Waals surface area contributed by atoms with Gasteiger partial charge in [0.05, 0.1) is 10.6 Å². The van der Waals surface area contributed by atoms with Crippen molar-refractivity contribution in [1.29, 1.82) is 0 Å². The van der Waals surface area contributed by atoms with E-state index >= 15 is 0 Å². The van der Waals surface area contributed by atoms with E-state index in [4.69, 9.17) is 16.7 Å². The van der Waals surface area contributed by atoms with E-state index in [1.807, 2.05) is 0 Å². The van der Waals surface area contributed by atoms with E-state index < -0.39 is 11.8 Å². The molecule has 0 aromatic heterocycles. The van der Waals surface area contributed by atoms with Crippen LogP contribution >= 0.6 is 43.5 Å². The Morgan fingerprint density at radius 3 is 2.42 bits per heavy atom. The molecule has 0 atom stereocenters. The molecule has 0 aliphatic rings. The summed E-state index contributed by atoms with van der Waals surface area (Å²) in [6.45, 7) is 0. The lowest BCUT2D eigenvalue weighted by atomic mass is 10.0. The van der Waals surface area contributed by atoms with E-state index in [9.17, 15) is 9.18 Å². The van der Waals surface area contributed by atoms with Gasteiger partial charge in [0.2, 0.25) is 0 Å². The number of hydrogen-bond acceptors (Lipinski definition) is 1. The highest BCUT2D eigenvalue weighted by atomic mass is 79.9. The third-order valence-corrected chi connectivity index (χ3v) is 4.49. The van der Waals surface area contributed by atoms with Gasteiger partial charge in [0.15, 0.2) is 5.82 Å². The number of rotatable bonds is 2. The second kappa shape index (κ2) is 5.61. The van der Waals surface area contributed by atoms with Gasteiger partial charge in [0.1, 0.15) is 0 Å². The summed E-state index contributed by atoms with van der Waals surface area (Å²) in [6.07, 6.45) is 0. The van der Waals surface area contributed by atoms with E-state index in [2.05, 4.69) is 31.9 Å². The van der Waals surface area contributed by atoms with Crippen molar-refractivity contribution in [1.82, 2.24) is 0 Å². The standard InChI is InChI=1S/C13H6Br2ClFO2/c14-9-3-1-6(5-8(9)13(18)19)7-2-4-10(15)11(16)12(7)17/h1-5H,(H,18,19). The van der Waals surface area contributed by atoms with Gasteiger partial charge in [-0.25, -0.2) is 9.18 Å². The van der Waals surface area contributed by atoms with Gasteiger partial charge in [-0.2, -0.15) is 0 Å². The van der Waals surface area contributed by atoms with Crippen LogP contribution in [-0.2, 0) is 0 Å². The quantitative estimate of drug-likeness (QED) is 0.679. The summed E-state index contributed by atoms with van der Waals surface area (Å²) < 4.78 is 14.9. The minimum absolute atomic E-state index is 0.0303. The number of aromatic carboxylic acids is 1. The molecule has 0 spiro atoms. The van der Waals surface area contributed by atoms with Crippen LogP contribution < -0.4 is 0 Å². The van der Waals surface area contributed by atoms with Gasteiger partial charge in [0, 0.05) is 14.5 Å². The molecule has 0 radical (unpaired) electrons. The predicted octanol–water partition coefficient (Wildman–Crippen LogP) is 5.37. The van der Waals surface area contributed by atoms with E-state index in [0.29, 0.717) is 14.5 Å². The predicted molar refractivity (Wildman–Crippen MR) is 79.2 cm³/mol. The Morgan fingerprint density at radius 2 is 1.79 bits per heavy atom. The number of carbonyl (C=O) groups is 1. The van der Waals surface area contributed by atoms with Crippen molar-refractivity contribution in [3.8, 4) is 11.1 Å². The smallest absolute Gasteiger partial charge is 0.336 e. The van der Waals surface area contributed by atoms with Crippen LogP contribution in [0.3, 0.4) is 0 Å². The third-order valence-electron chi connectivity index (χ3n) is 2.54.